The molecule has 4 rings (SSSR count). The first-order valence-corrected chi connectivity index (χ1v) is 9.71. The van der Waals surface area contributed by atoms with Gasteiger partial charge in [0.05, 0.1) is 36.3 Å². The molecule has 0 saturated carbocycles. The molecule has 1 atom stereocenters. The van der Waals surface area contributed by atoms with E-state index in [1.165, 1.54) is 0 Å². The lowest BCUT2D eigenvalue weighted by atomic mass is 9.86. The van der Waals surface area contributed by atoms with Gasteiger partial charge in [-0.2, -0.15) is 5.26 Å². The van der Waals surface area contributed by atoms with Crippen molar-refractivity contribution in [1.82, 2.24) is 4.90 Å². The second-order valence-electron chi connectivity index (χ2n) is 6.48. The van der Waals surface area contributed by atoms with E-state index in [1.807, 2.05) is 54.6 Å². The Balaban J connectivity index is 1.67. The molecule has 0 radical (unpaired) electrons. The van der Waals surface area contributed by atoms with Gasteiger partial charge in [-0.05, 0) is 29.8 Å². The predicted octanol–water partition coefficient (Wildman–Crippen LogP) is 3.91. The molecule has 2 aromatic carbocycles. The van der Waals surface area contributed by atoms with E-state index >= 15 is 0 Å². The molecule has 5 nitrogen and oxygen atoms in total. The monoisotopic (exact) mass is 377 g/mol. The number of thioether (sulfide) groups is 1. The van der Waals surface area contributed by atoms with Crippen molar-refractivity contribution in [2.45, 2.75) is 12.3 Å². The number of hydrogen-bond donors (Lipinski definition) is 0. The molecule has 0 aromatic heterocycles. The van der Waals surface area contributed by atoms with Gasteiger partial charge in [0.2, 0.25) is 5.91 Å². The Morgan fingerprint density at radius 3 is 2.74 bits per heavy atom. The summed E-state index contributed by atoms with van der Waals surface area (Å²) in [5.41, 5.74) is 2.68. The average Bonchev–Trinajstić information content (AvgIpc) is 2.74. The highest BCUT2D eigenvalue weighted by Gasteiger charge is 2.38. The molecule has 1 amide bonds. The molecule has 1 saturated heterocycles. The van der Waals surface area contributed by atoms with Crippen LogP contribution in [0.4, 0.5) is 5.69 Å². The molecule has 2 aromatic rings. The van der Waals surface area contributed by atoms with E-state index in [4.69, 9.17) is 4.74 Å². The number of amides is 1. The minimum absolute atomic E-state index is 0.0463. The molecule has 2 heterocycles. The number of rotatable bonds is 3. The summed E-state index contributed by atoms with van der Waals surface area (Å²) in [5.74, 6) is 1.26. The number of ether oxygens (including phenoxy) is 1. The first-order chi connectivity index (χ1) is 13.2. The smallest absolute Gasteiger partial charge is 0.229 e. The third-order valence-electron chi connectivity index (χ3n) is 4.91. The Morgan fingerprint density at radius 1 is 1.19 bits per heavy atom. The molecule has 0 N–H and O–H groups in total. The van der Waals surface area contributed by atoms with Gasteiger partial charge in [0.15, 0.2) is 0 Å². The van der Waals surface area contributed by atoms with Crippen LogP contribution in [0.3, 0.4) is 0 Å². The van der Waals surface area contributed by atoms with Gasteiger partial charge >= 0.3 is 0 Å². The Hall–Kier alpha value is -2.91. The van der Waals surface area contributed by atoms with Gasteiger partial charge in [-0.25, -0.2) is 0 Å². The van der Waals surface area contributed by atoms with Crippen LogP contribution in [0.25, 0.3) is 0 Å². The summed E-state index contributed by atoms with van der Waals surface area (Å²) in [7, 11) is 1.62. The molecule has 136 valence electrons. The lowest BCUT2D eigenvalue weighted by Crippen LogP contribution is -2.47. The molecule has 6 heteroatoms. The van der Waals surface area contributed by atoms with Crippen molar-refractivity contribution in [2.24, 2.45) is 0 Å². The van der Waals surface area contributed by atoms with Gasteiger partial charge in [-0.15, -0.1) is 0 Å². The lowest BCUT2D eigenvalue weighted by Gasteiger charge is -2.42. The average molecular weight is 377 g/mol. The summed E-state index contributed by atoms with van der Waals surface area (Å²) in [6.45, 7) is 0.473. The fourth-order valence-electron chi connectivity index (χ4n) is 3.51. The first kappa shape index (κ1) is 17.5. The Morgan fingerprint density at radius 2 is 2.00 bits per heavy atom. The number of fused-ring (bicyclic) bond motifs is 1. The van der Waals surface area contributed by atoms with Crippen LogP contribution in [0.15, 0.2) is 65.2 Å². The van der Waals surface area contributed by atoms with Crippen molar-refractivity contribution in [2.75, 3.05) is 24.6 Å². The fourth-order valence-corrected chi connectivity index (χ4v) is 4.68. The van der Waals surface area contributed by atoms with Crippen LogP contribution in [-0.4, -0.2) is 30.5 Å². The maximum absolute atomic E-state index is 12.9. The van der Waals surface area contributed by atoms with Crippen LogP contribution in [0.5, 0.6) is 5.75 Å². The number of para-hydroxylation sites is 1. The molecular formula is C21H19N3O2S. The van der Waals surface area contributed by atoms with Crippen LogP contribution >= 0.6 is 11.8 Å². The van der Waals surface area contributed by atoms with Crippen LogP contribution in [-0.2, 0) is 4.79 Å². The first-order valence-electron chi connectivity index (χ1n) is 8.72. The van der Waals surface area contributed by atoms with E-state index in [0.29, 0.717) is 24.5 Å². The van der Waals surface area contributed by atoms with Crippen molar-refractivity contribution in [1.29, 1.82) is 5.26 Å². The third kappa shape index (κ3) is 3.26. The number of benzene rings is 2. The number of carbonyl (C=O) groups is 1. The molecule has 0 unspecified atom stereocenters. The Labute approximate surface area is 162 Å². The highest BCUT2D eigenvalue weighted by Crippen LogP contribution is 2.43. The second kappa shape index (κ2) is 7.37. The fraction of sp³-hybridized carbons (Fsp3) is 0.238. The number of carbonyl (C=O) groups excluding carboxylic acids is 1. The predicted molar refractivity (Wildman–Crippen MR) is 106 cm³/mol. The topological polar surface area (TPSA) is 56.6 Å². The van der Waals surface area contributed by atoms with Gasteiger partial charge < -0.3 is 9.64 Å². The van der Waals surface area contributed by atoms with E-state index in [2.05, 4.69) is 11.0 Å². The van der Waals surface area contributed by atoms with Crippen molar-refractivity contribution < 1.29 is 9.53 Å². The standard InChI is InChI=1S/C21H19N3O2S/c1-26-17-9-5-6-15(10-17)18-11-20(25)24-13-23(16-7-3-2-4-8-16)14-27-21(24)19(18)12-22/h2-10,18H,11,13-14H2,1H3/t18-/m1/s1. The number of allylic oxidation sites excluding steroid dienone is 1. The normalized spacial score (nSPS) is 19.6. The van der Waals surface area contributed by atoms with Crippen molar-refractivity contribution in [3.8, 4) is 11.8 Å². The van der Waals surface area contributed by atoms with Gasteiger partial charge in [0.1, 0.15) is 5.75 Å². The van der Waals surface area contributed by atoms with Crippen LogP contribution in [0.1, 0.15) is 17.9 Å². The van der Waals surface area contributed by atoms with Crippen molar-refractivity contribution in [3.05, 3.63) is 70.8 Å². The largest absolute Gasteiger partial charge is 0.497 e. The van der Waals surface area contributed by atoms with Crippen molar-refractivity contribution >= 4 is 23.4 Å². The van der Waals surface area contributed by atoms with E-state index in [9.17, 15) is 10.1 Å². The van der Waals surface area contributed by atoms with Crippen molar-refractivity contribution in [3.63, 3.8) is 0 Å². The minimum Gasteiger partial charge on any atom is -0.497 e. The van der Waals surface area contributed by atoms with E-state index in [-0.39, 0.29) is 11.8 Å². The Kier molecular flexibility index (Phi) is 4.78. The van der Waals surface area contributed by atoms with Crippen LogP contribution < -0.4 is 9.64 Å². The SMILES string of the molecule is COc1cccc([C@H]2CC(=O)N3CN(c4ccccc4)CSC3=C2C#N)c1. The minimum atomic E-state index is -0.223. The summed E-state index contributed by atoms with van der Waals surface area (Å²) in [4.78, 5) is 16.8. The molecule has 0 aliphatic carbocycles. The number of nitriles is 1. The lowest BCUT2D eigenvalue weighted by molar-refractivity contribution is -0.129. The van der Waals surface area contributed by atoms with E-state index < -0.39 is 0 Å². The number of anilines is 1. The third-order valence-corrected chi connectivity index (χ3v) is 6.07. The Bertz CT molecular complexity index is 936. The molecule has 0 spiro atoms. The molecule has 2 aliphatic rings. The maximum Gasteiger partial charge on any atom is 0.229 e. The quantitative estimate of drug-likeness (QED) is 0.812. The van der Waals surface area contributed by atoms with Gasteiger partial charge in [0, 0.05) is 18.0 Å². The highest BCUT2D eigenvalue weighted by molar-refractivity contribution is 8.03. The maximum atomic E-state index is 12.9. The van der Waals surface area contributed by atoms with E-state index in [1.54, 1.807) is 23.8 Å². The number of nitrogens with zero attached hydrogens (tertiary/aromatic N) is 3. The number of hydrogen-bond acceptors (Lipinski definition) is 5. The summed E-state index contributed by atoms with van der Waals surface area (Å²) in [5, 5.41) is 10.6. The zero-order valence-electron chi connectivity index (χ0n) is 15.0. The zero-order valence-corrected chi connectivity index (χ0v) is 15.8. The van der Waals surface area contributed by atoms with Gasteiger partial charge in [0.25, 0.3) is 0 Å². The van der Waals surface area contributed by atoms with Gasteiger partial charge in [-0.1, -0.05) is 42.1 Å². The summed E-state index contributed by atoms with van der Waals surface area (Å²) < 4.78 is 5.30. The molecule has 2 aliphatic heterocycles. The van der Waals surface area contributed by atoms with E-state index in [0.717, 1.165) is 22.0 Å². The number of methoxy groups -OCH3 is 1. The van der Waals surface area contributed by atoms with Gasteiger partial charge in [-0.3, -0.25) is 9.69 Å². The zero-order chi connectivity index (χ0) is 18.8. The van der Waals surface area contributed by atoms with Crippen LogP contribution in [0.2, 0.25) is 0 Å². The molecule has 27 heavy (non-hydrogen) atoms. The molecule has 0 bridgehead atoms. The summed E-state index contributed by atoms with van der Waals surface area (Å²) in [6, 6.07) is 20.0. The second-order valence-corrected chi connectivity index (χ2v) is 7.41. The highest BCUT2D eigenvalue weighted by atomic mass is 32.2. The summed E-state index contributed by atoms with van der Waals surface area (Å²) >= 11 is 1.55. The van der Waals surface area contributed by atoms with Crippen LogP contribution in [0, 0.1) is 11.3 Å². The molecule has 1 fully saturated rings. The summed E-state index contributed by atoms with van der Waals surface area (Å²) in [6.07, 6.45) is 0.294. The molecular weight excluding hydrogens is 358 g/mol.